The summed E-state index contributed by atoms with van der Waals surface area (Å²) in [6, 6.07) is 10.1. The van der Waals surface area contributed by atoms with Gasteiger partial charge in [-0.25, -0.2) is 9.78 Å². The molecule has 0 amide bonds. The molecule has 1 aromatic heterocycles. The zero-order valence-electron chi connectivity index (χ0n) is 11.9. The van der Waals surface area contributed by atoms with Gasteiger partial charge < -0.3 is 9.15 Å². The Labute approximate surface area is 118 Å². The van der Waals surface area contributed by atoms with Gasteiger partial charge in [-0.1, -0.05) is 43.7 Å². The molecule has 106 valence electrons. The molecule has 1 aromatic carbocycles. The normalized spacial score (nSPS) is 10.5. The van der Waals surface area contributed by atoms with E-state index in [4.69, 9.17) is 9.15 Å². The average Bonchev–Trinajstić information content (AvgIpc) is 2.89. The molecule has 0 saturated heterocycles. The molecule has 0 aliphatic rings. The molecule has 0 saturated carbocycles. The van der Waals surface area contributed by atoms with Crippen molar-refractivity contribution in [2.75, 3.05) is 7.11 Å². The number of rotatable bonds is 6. The van der Waals surface area contributed by atoms with Gasteiger partial charge in [-0.3, -0.25) is 0 Å². The Kier molecular flexibility index (Phi) is 4.93. The van der Waals surface area contributed by atoms with E-state index in [9.17, 15) is 4.79 Å². The standard InChI is InChI=1S/C16H19NO3/c1-3-7-13-15(16(18)19-2)20-14(17-13)11-10-12-8-5-4-6-9-12/h4-6,8-9H,3,7,10-11H2,1-2H3. The number of esters is 1. The number of carbonyl (C=O) groups is 1. The molecule has 0 aliphatic carbocycles. The maximum atomic E-state index is 11.6. The van der Waals surface area contributed by atoms with E-state index in [1.54, 1.807) is 0 Å². The first-order chi connectivity index (χ1) is 9.74. The fourth-order valence-electron chi connectivity index (χ4n) is 2.06. The van der Waals surface area contributed by atoms with Gasteiger partial charge in [0.05, 0.1) is 12.8 Å². The van der Waals surface area contributed by atoms with Gasteiger partial charge >= 0.3 is 5.97 Å². The summed E-state index contributed by atoms with van der Waals surface area (Å²) >= 11 is 0. The van der Waals surface area contributed by atoms with Crippen molar-refractivity contribution >= 4 is 5.97 Å². The lowest BCUT2D eigenvalue weighted by Crippen LogP contribution is -2.03. The third-order valence-electron chi connectivity index (χ3n) is 3.07. The largest absolute Gasteiger partial charge is 0.463 e. The second kappa shape index (κ2) is 6.89. The number of aromatic nitrogens is 1. The van der Waals surface area contributed by atoms with Crippen LogP contribution in [-0.4, -0.2) is 18.1 Å². The van der Waals surface area contributed by atoms with E-state index in [2.05, 4.69) is 17.1 Å². The first kappa shape index (κ1) is 14.3. The molecule has 0 bridgehead atoms. The lowest BCUT2D eigenvalue weighted by atomic mass is 10.1. The molecular weight excluding hydrogens is 254 g/mol. The van der Waals surface area contributed by atoms with Gasteiger partial charge in [-0.2, -0.15) is 0 Å². The average molecular weight is 273 g/mol. The van der Waals surface area contributed by atoms with E-state index >= 15 is 0 Å². The Morgan fingerprint density at radius 1 is 1.20 bits per heavy atom. The monoisotopic (exact) mass is 273 g/mol. The molecule has 0 fully saturated rings. The van der Waals surface area contributed by atoms with Gasteiger partial charge in [0.2, 0.25) is 5.76 Å². The number of hydrogen-bond donors (Lipinski definition) is 0. The van der Waals surface area contributed by atoms with Gasteiger partial charge in [0.1, 0.15) is 0 Å². The van der Waals surface area contributed by atoms with Crippen LogP contribution < -0.4 is 0 Å². The highest BCUT2D eigenvalue weighted by molar-refractivity contribution is 5.87. The predicted octanol–water partition coefficient (Wildman–Crippen LogP) is 3.20. The van der Waals surface area contributed by atoms with Crippen molar-refractivity contribution in [2.24, 2.45) is 0 Å². The molecule has 0 aliphatic heterocycles. The summed E-state index contributed by atoms with van der Waals surface area (Å²) in [6.07, 6.45) is 3.15. The van der Waals surface area contributed by atoms with Crippen LogP contribution in [0, 0.1) is 0 Å². The van der Waals surface area contributed by atoms with E-state index in [0.717, 1.165) is 19.3 Å². The Bertz CT molecular complexity index is 560. The highest BCUT2D eigenvalue weighted by Gasteiger charge is 2.19. The van der Waals surface area contributed by atoms with Crippen molar-refractivity contribution in [1.29, 1.82) is 0 Å². The van der Waals surface area contributed by atoms with Gasteiger partial charge in [0.25, 0.3) is 0 Å². The minimum atomic E-state index is -0.452. The predicted molar refractivity (Wildman–Crippen MR) is 75.7 cm³/mol. The molecular formula is C16H19NO3. The molecule has 4 heteroatoms. The summed E-state index contributed by atoms with van der Waals surface area (Å²) in [5.74, 6) is 0.391. The SMILES string of the molecule is CCCc1nc(CCc2ccccc2)oc1C(=O)OC. The van der Waals surface area contributed by atoms with Crippen molar-refractivity contribution in [3.05, 3.63) is 53.2 Å². The van der Waals surface area contributed by atoms with Gasteiger partial charge in [-0.05, 0) is 18.4 Å². The highest BCUT2D eigenvalue weighted by Crippen LogP contribution is 2.16. The second-order valence-corrected chi connectivity index (χ2v) is 4.61. The van der Waals surface area contributed by atoms with E-state index in [1.165, 1.54) is 12.7 Å². The summed E-state index contributed by atoms with van der Waals surface area (Å²) in [5, 5.41) is 0. The fraction of sp³-hybridized carbons (Fsp3) is 0.375. The van der Waals surface area contributed by atoms with Crippen LogP contribution in [0.15, 0.2) is 34.7 Å². The number of ether oxygens (including phenoxy) is 1. The minimum absolute atomic E-state index is 0.248. The topological polar surface area (TPSA) is 52.3 Å². The zero-order chi connectivity index (χ0) is 14.4. The number of aryl methyl sites for hydroxylation is 3. The van der Waals surface area contributed by atoms with Crippen LogP contribution in [0.3, 0.4) is 0 Å². The van der Waals surface area contributed by atoms with E-state index in [1.807, 2.05) is 25.1 Å². The van der Waals surface area contributed by atoms with E-state index < -0.39 is 5.97 Å². The fourth-order valence-corrected chi connectivity index (χ4v) is 2.06. The van der Waals surface area contributed by atoms with Crippen LogP contribution in [0.1, 0.15) is 41.0 Å². The van der Waals surface area contributed by atoms with Gasteiger partial charge in [0.15, 0.2) is 5.89 Å². The Morgan fingerprint density at radius 3 is 2.60 bits per heavy atom. The van der Waals surface area contributed by atoms with Crippen molar-refractivity contribution in [3.63, 3.8) is 0 Å². The third kappa shape index (κ3) is 3.47. The van der Waals surface area contributed by atoms with Crippen LogP contribution in [-0.2, 0) is 24.0 Å². The van der Waals surface area contributed by atoms with Crippen molar-refractivity contribution in [3.8, 4) is 0 Å². The maximum Gasteiger partial charge on any atom is 0.375 e. The smallest absolute Gasteiger partial charge is 0.375 e. The van der Waals surface area contributed by atoms with Crippen LogP contribution >= 0.6 is 0 Å². The lowest BCUT2D eigenvalue weighted by Gasteiger charge is -1.97. The number of methoxy groups -OCH3 is 1. The van der Waals surface area contributed by atoms with Crippen molar-refractivity contribution in [1.82, 2.24) is 4.98 Å². The molecule has 4 nitrogen and oxygen atoms in total. The van der Waals surface area contributed by atoms with Crippen LogP contribution in [0.5, 0.6) is 0 Å². The molecule has 2 aromatic rings. The summed E-state index contributed by atoms with van der Waals surface area (Å²) in [6.45, 7) is 2.04. The maximum absolute atomic E-state index is 11.6. The number of nitrogens with zero attached hydrogens (tertiary/aromatic N) is 1. The van der Waals surface area contributed by atoms with E-state index in [-0.39, 0.29) is 5.76 Å². The molecule has 0 spiro atoms. The molecule has 2 rings (SSSR count). The van der Waals surface area contributed by atoms with Crippen molar-refractivity contribution < 1.29 is 13.9 Å². The van der Waals surface area contributed by atoms with Gasteiger partial charge in [0, 0.05) is 6.42 Å². The minimum Gasteiger partial charge on any atom is -0.463 e. The number of hydrogen-bond acceptors (Lipinski definition) is 4. The second-order valence-electron chi connectivity index (χ2n) is 4.61. The number of benzene rings is 1. The molecule has 0 atom stereocenters. The first-order valence-electron chi connectivity index (χ1n) is 6.85. The Morgan fingerprint density at radius 2 is 1.95 bits per heavy atom. The van der Waals surface area contributed by atoms with Crippen LogP contribution in [0.4, 0.5) is 0 Å². The van der Waals surface area contributed by atoms with E-state index in [0.29, 0.717) is 18.0 Å². The lowest BCUT2D eigenvalue weighted by molar-refractivity contribution is 0.0561. The summed E-state index contributed by atoms with van der Waals surface area (Å²) in [7, 11) is 1.35. The highest BCUT2D eigenvalue weighted by atomic mass is 16.5. The molecule has 0 unspecified atom stereocenters. The molecule has 1 heterocycles. The Balaban J connectivity index is 2.10. The molecule has 20 heavy (non-hydrogen) atoms. The molecule has 0 N–H and O–H groups in total. The Hall–Kier alpha value is -2.10. The summed E-state index contributed by atoms with van der Waals surface area (Å²) in [5.41, 5.74) is 1.92. The summed E-state index contributed by atoms with van der Waals surface area (Å²) < 4.78 is 10.3. The van der Waals surface area contributed by atoms with Crippen LogP contribution in [0.25, 0.3) is 0 Å². The number of carbonyl (C=O) groups excluding carboxylic acids is 1. The first-order valence-corrected chi connectivity index (χ1v) is 6.85. The van der Waals surface area contributed by atoms with Gasteiger partial charge in [-0.15, -0.1) is 0 Å². The zero-order valence-corrected chi connectivity index (χ0v) is 11.9. The molecule has 0 radical (unpaired) electrons. The van der Waals surface area contributed by atoms with Crippen molar-refractivity contribution in [2.45, 2.75) is 32.6 Å². The number of oxazole rings is 1. The summed E-state index contributed by atoms with van der Waals surface area (Å²) in [4.78, 5) is 16.1. The van der Waals surface area contributed by atoms with Crippen LogP contribution in [0.2, 0.25) is 0 Å². The third-order valence-corrected chi connectivity index (χ3v) is 3.07. The quantitative estimate of drug-likeness (QED) is 0.758.